The first-order chi connectivity index (χ1) is 9.56. The molecule has 1 aromatic carbocycles. The third-order valence-electron chi connectivity index (χ3n) is 3.36. The molecule has 0 saturated carbocycles. The highest BCUT2D eigenvalue weighted by Crippen LogP contribution is 2.21. The minimum absolute atomic E-state index is 0. The van der Waals surface area contributed by atoms with E-state index in [0.717, 1.165) is 18.4 Å². The number of aliphatic hydroxyl groups is 1. The van der Waals surface area contributed by atoms with E-state index in [1.807, 2.05) is 12.1 Å². The molecule has 3 N–H and O–H groups in total. The van der Waals surface area contributed by atoms with Crippen molar-refractivity contribution < 1.29 is 9.90 Å². The number of carbonyl (C=O) groups excluding carboxylic acids is 1. The van der Waals surface area contributed by atoms with Crippen molar-refractivity contribution in [1.82, 2.24) is 10.6 Å². The zero-order chi connectivity index (χ0) is 14.5. The summed E-state index contributed by atoms with van der Waals surface area (Å²) in [6, 6.07) is 5.16. The molecule has 0 radical (unpaired) electrons. The number of halogens is 3. The Bertz CT molecular complexity index is 485. The Kier molecular flexibility index (Phi) is 7.77. The first-order valence-electron chi connectivity index (χ1n) is 6.69. The summed E-state index contributed by atoms with van der Waals surface area (Å²) in [6.45, 7) is 1.07. The van der Waals surface area contributed by atoms with Crippen LogP contribution in [0.1, 0.15) is 18.4 Å². The van der Waals surface area contributed by atoms with Crippen molar-refractivity contribution in [3.05, 3.63) is 33.8 Å². The maximum atomic E-state index is 11.8. The molecule has 0 spiro atoms. The molecule has 2 unspecified atom stereocenters. The molecule has 4 nitrogen and oxygen atoms in total. The van der Waals surface area contributed by atoms with Gasteiger partial charge in [0, 0.05) is 23.1 Å². The van der Waals surface area contributed by atoms with Gasteiger partial charge in [0.15, 0.2) is 0 Å². The average molecular weight is 354 g/mol. The fraction of sp³-hybridized carbons (Fsp3) is 0.500. The quantitative estimate of drug-likeness (QED) is 0.711. The van der Waals surface area contributed by atoms with Gasteiger partial charge in [0.2, 0.25) is 5.91 Å². The standard InChI is InChI=1S/C14H18Cl2N2O2.ClH/c15-10-4-3-9(12(16)6-10)2-1-5-17-14(20)13-7-11(19)8-18-13;/h3-4,6,11,13,18-19H,1-2,5,7-8H2,(H,17,20);1H. The first kappa shape index (κ1) is 18.5. The minimum Gasteiger partial charge on any atom is -0.392 e. The average Bonchev–Trinajstić information content (AvgIpc) is 2.83. The Morgan fingerprint density at radius 3 is 2.81 bits per heavy atom. The molecule has 2 atom stereocenters. The Morgan fingerprint density at radius 1 is 1.43 bits per heavy atom. The van der Waals surface area contributed by atoms with E-state index in [9.17, 15) is 9.90 Å². The van der Waals surface area contributed by atoms with E-state index >= 15 is 0 Å². The maximum Gasteiger partial charge on any atom is 0.237 e. The molecule has 0 aromatic heterocycles. The SMILES string of the molecule is Cl.O=C(NCCCc1ccc(Cl)cc1Cl)C1CC(O)CN1. The van der Waals surface area contributed by atoms with Crippen molar-refractivity contribution >= 4 is 41.5 Å². The van der Waals surface area contributed by atoms with Crippen LogP contribution in [0.4, 0.5) is 0 Å². The van der Waals surface area contributed by atoms with Gasteiger partial charge in [-0.3, -0.25) is 4.79 Å². The number of carbonyl (C=O) groups is 1. The number of nitrogens with one attached hydrogen (secondary N) is 2. The molecule has 118 valence electrons. The number of aryl methyl sites for hydroxylation is 1. The Morgan fingerprint density at radius 2 is 2.19 bits per heavy atom. The molecule has 1 saturated heterocycles. The van der Waals surface area contributed by atoms with Crippen LogP contribution in [0.3, 0.4) is 0 Å². The van der Waals surface area contributed by atoms with Gasteiger partial charge in [-0.1, -0.05) is 29.3 Å². The Balaban J connectivity index is 0.00000220. The van der Waals surface area contributed by atoms with E-state index in [0.29, 0.717) is 29.6 Å². The van der Waals surface area contributed by atoms with Crippen molar-refractivity contribution in [2.24, 2.45) is 0 Å². The van der Waals surface area contributed by atoms with Crippen LogP contribution in [0, 0.1) is 0 Å². The number of hydrogen-bond acceptors (Lipinski definition) is 3. The van der Waals surface area contributed by atoms with Gasteiger partial charge in [0.1, 0.15) is 0 Å². The minimum atomic E-state index is -0.418. The van der Waals surface area contributed by atoms with E-state index in [-0.39, 0.29) is 24.4 Å². The van der Waals surface area contributed by atoms with Gasteiger partial charge in [-0.2, -0.15) is 0 Å². The van der Waals surface area contributed by atoms with Gasteiger partial charge in [-0.25, -0.2) is 0 Å². The van der Waals surface area contributed by atoms with Crippen LogP contribution in [0.15, 0.2) is 18.2 Å². The van der Waals surface area contributed by atoms with Crippen LogP contribution in [-0.4, -0.2) is 36.2 Å². The normalized spacial score (nSPS) is 20.9. The van der Waals surface area contributed by atoms with Crippen LogP contribution < -0.4 is 10.6 Å². The molecule has 1 fully saturated rings. The summed E-state index contributed by atoms with van der Waals surface area (Å²) < 4.78 is 0. The highest BCUT2D eigenvalue weighted by Gasteiger charge is 2.27. The van der Waals surface area contributed by atoms with E-state index < -0.39 is 6.10 Å². The molecule has 2 rings (SSSR count). The molecule has 0 aliphatic carbocycles. The van der Waals surface area contributed by atoms with Gasteiger partial charge < -0.3 is 15.7 Å². The van der Waals surface area contributed by atoms with E-state index in [4.69, 9.17) is 23.2 Å². The molecular formula is C14H19Cl3N2O2. The van der Waals surface area contributed by atoms with Crippen LogP contribution in [-0.2, 0) is 11.2 Å². The van der Waals surface area contributed by atoms with Crippen molar-refractivity contribution in [1.29, 1.82) is 0 Å². The fourth-order valence-corrected chi connectivity index (χ4v) is 2.76. The number of amides is 1. The molecule has 7 heteroatoms. The van der Waals surface area contributed by atoms with Crippen LogP contribution in [0.2, 0.25) is 10.0 Å². The van der Waals surface area contributed by atoms with Gasteiger partial charge >= 0.3 is 0 Å². The van der Waals surface area contributed by atoms with Gasteiger partial charge in [0.25, 0.3) is 0 Å². The topological polar surface area (TPSA) is 61.4 Å². The summed E-state index contributed by atoms with van der Waals surface area (Å²) >= 11 is 11.9. The summed E-state index contributed by atoms with van der Waals surface area (Å²) in [5.41, 5.74) is 1.03. The lowest BCUT2D eigenvalue weighted by Gasteiger charge is -2.11. The lowest BCUT2D eigenvalue weighted by atomic mass is 10.1. The second-order valence-corrected chi connectivity index (χ2v) is 5.82. The van der Waals surface area contributed by atoms with Crippen molar-refractivity contribution in [3.8, 4) is 0 Å². The summed E-state index contributed by atoms with van der Waals surface area (Å²) in [5.74, 6) is -0.0521. The number of rotatable bonds is 5. The zero-order valence-electron chi connectivity index (χ0n) is 11.4. The fourth-order valence-electron chi connectivity index (χ4n) is 2.25. The Labute approximate surface area is 140 Å². The molecule has 1 heterocycles. The predicted molar refractivity (Wildman–Crippen MR) is 87.5 cm³/mol. The van der Waals surface area contributed by atoms with Gasteiger partial charge in [-0.05, 0) is 37.0 Å². The molecule has 1 aromatic rings. The lowest BCUT2D eigenvalue weighted by molar-refractivity contribution is -0.122. The highest BCUT2D eigenvalue weighted by molar-refractivity contribution is 6.35. The second kappa shape index (κ2) is 8.81. The largest absolute Gasteiger partial charge is 0.392 e. The van der Waals surface area contributed by atoms with E-state index in [2.05, 4.69) is 10.6 Å². The van der Waals surface area contributed by atoms with Gasteiger partial charge in [0.05, 0.1) is 12.1 Å². The molecule has 21 heavy (non-hydrogen) atoms. The maximum absolute atomic E-state index is 11.8. The molecular weight excluding hydrogens is 335 g/mol. The molecule has 1 amide bonds. The number of benzene rings is 1. The third-order valence-corrected chi connectivity index (χ3v) is 3.95. The van der Waals surface area contributed by atoms with Crippen molar-refractivity contribution in [3.63, 3.8) is 0 Å². The second-order valence-electron chi connectivity index (χ2n) is 4.98. The van der Waals surface area contributed by atoms with Crippen molar-refractivity contribution in [2.75, 3.05) is 13.1 Å². The van der Waals surface area contributed by atoms with E-state index in [1.54, 1.807) is 6.07 Å². The van der Waals surface area contributed by atoms with Crippen molar-refractivity contribution in [2.45, 2.75) is 31.4 Å². The summed E-state index contributed by atoms with van der Waals surface area (Å²) in [6.07, 6.45) is 1.66. The third kappa shape index (κ3) is 5.64. The highest BCUT2D eigenvalue weighted by atomic mass is 35.5. The van der Waals surface area contributed by atoms with E-state index in [1.165, 1.54) is 0 Å². The first-order valence-corrected chi connectivity index (χ1v) is 7.45. The number of β-amino-alcohol motifs (C(OH)–C–C–N with tert-alkyl or cyclic N) is 1. The smallest absolute Gasteiger partial charge is 0.237 e. The lowest BCUT2D eigenvalue weighted by Crippen LogP contribution is -2.40. The summed E-state index contributed by atoms with van der Waals surface area (Å²) in [4.78, 5) is 11.8. The van der Waals surface area contributed by atoms with Crippen LogP contribution in [0.5, 0.6) is 0 Å². The summed E-state index contributed by atoms with van der Waals surface area (Å²) in [5, 5.41) is 16.5. The molecule has 1 aliphatic rings. The summed E-state index contributed by atoms with van der Waals surface area (Å²) in [7, 11) is 0. The zero-order valence-corrected chi connectivity index (χ0v) is 13.8. The Hall–Kier alpha value is -0.520. The van der Waals surface area contributed by atoms with Crippen LogP contribution in [0.25, 0.3) is 0 Å². The number of aliphatic hydroxyl groups excluding tert-OH is 1. The van der Waals surface area contributed by atoms with Crippen LogP contribution >= 0.6 is 35.6 Å². The monoisotopic (exact) mass is 352 g/mol. The van der Waals surface area contributed by atoms with Gasteiger partial charge in [-0.15, -0.1) is 12.4 Å². The number of hydrogen-bond donors (Lipinski definition) is 3. The molecule has 0 bridgehead atoms. The molecule has 1 aliphatic heterocycles. The predicted octanol–water partition coefficient (Wildman–Crippen LogP) is 2.19.